The SMILES string of the molecule is Cc1cc(C)cc(C(C)NCCO)c1. The van der Waals surface area contributed by atoms with Crippen molar-refractivity contribution in [3.8, 4) is 0 Å². The molecule has 0 heterocycles. The molecule has 0 aromatic heterocycles. The second-order valence-electron chi connectivity index (χ2n) is 3.82. The molecule has 0 bridgehead atoms. The first-order valence-electron chi connectivity index (χ1n) is 5.06. The van der Waals surface area contributed by atoms with Gasteiger partial charge in [0.2, 0.25) is 0 Å². The van der Waals surface area contributed by atoms with E-state index in [2.05, 4.69) is 44.3 Å². The second-order valence-corrected chi connectivity index (χ2v) is 3.82. The van der Waals surface area contributed by atoms with E-state index < -0.39 is 0 Å². The molecule has 0 radical (unpaired) electrons. The number of rotatable bonds is 4. The van der Waals surface area contributed by atoms with Crippen molar-refractivity contribution >= 4 is 0 Å². The number of hydrogen-bond donors (Lipinski definition) is 2. The minimum atomic E-state index is 0.190. The van der Waals surface area contributed by atoms with Crippen LogP contribution in [0, 0.1) is 13.8 Å². The van der Waals surface area contributed by atoms with Gasteiger partial charge in [0, 0.05) is 12.6 Å². The Labute approximate surface area is 86.0 Å². The Hall–Kier alpha value is -0.860. The van der Waals surface area contributed by atoms with Crippen LogP contribution in [-0.4, -0.2) is 18.3 Å². The van der Waals surface area contributed by atoms with Crippen LogP contribution >= 0.6 is 0 Å². The molecule has 0 fully saturated rings. The van der Waals surface area contributed by atoms with Gasteiger partial charge in [0.15, 0.2) is 0 Å². The minimum Gasteiger partial charge on any atom is -0.395 e. The van der Waals surface area contributed by atoms with Gasteiger partial charge in [-0.25, -0.2) is 0 Å². The van der Waals surface area contributed by atoms with Gasteiger partial charge in [-0.3, -0.25) is 0 Å². The van der Waals surface area contributed by atoms with Gasteiger partial charge in [-0.15, -0.1) is 0 Å². The molecular formula is C12H19NO. The average Bonchev–Trinajstić information content (AvgIpc) is 2.12. The molecule has 0 aliphatic rings. The topological polar surface area (TPSA) is 32.3 Å². The lowest BCUT2D eigenvalue weighted by Gasteiger charge is -2.14. The Morgan fingerprint density at radius 3 is 2.29 bits per heavy atom. The summed E-state index contributed by atoms with van der Waals surface area (Å²) in [6.07, 6.45) is 0. The minimum absolute atomic E-state index is 0.190. The monoisotopic (exact) mass is 193 g/mol. The summed E-state index contributed by atoms with van der Waals surface area (Å²) in [6.45, 7) is 7.16. The molecule has 1 atom stereocenters. The van der Waals surface area contributed by atoms with Crippen molar-refractivity contribution in [2.24, 2.45) is 0 Å². The average molecular weight is 193 g/mol. The van der Waals surface area contributed by atoms with Gasteiger partial charge in [0.1, 0.15) is 0 Å². The first-order chi connectivity index (χ1) is 6.63. The van der Waals surface area contributed by atoms with E-state index in [1.165, 1.54) is 16.7 Å². The van der Waals surface area contributed by atoms with Crippen LogP contribution in [0.4, 0.5) is 0 Å². The van der Waals surface area contributed by atoms with Crippen LogP contribution in [0.15, 0.2) is 18.2 Å². The van der Waals surface area contributed by atoms with Crippen LogP contribution in [0.3, 0.4) is 0 Å². The van der Waals surface area contributed by atoms with E-state index in [0.29, 0.717) is 12.6 Å². The highest BCUT2D eigenvalue weighted by Gasteiger charge is 2.04. The summed E-state index contributed by atoms with van der Waals surface area (Å²) in [6, 6.07) is 6.84. The van der Waals surface area contributed by atoms with E-state index >= 15 is 0 Å². The van der Waals surface area contributed by atoms with Crippen LogP contribution in [0.25, 0.3) is 0 Å². The molecule has 1 unspecified atom stereocenters. The van der Waals surface area contributed by atoms with Crippen molar-refractivity contribution in [2.75, 3.05) is 13.2 Å². The molecule has 2 nitrogen and oxygen atoms in total. The number of aliphatic hydroxyl groups excluding tert-OH is 1. The zero-order chi connectivity index (χ0) is 10.6. The molecule has 0 amide bonds. The zero-order valence-corrected chi connectivity index (χ0v) is 9.17. The normalized spacial score (nSPS) is 12.9. The fourth-order valence-electron chi connectivity index (χ4n) is 1.66. The first kappa shape index (κ1) is 11.2. The molecular weight excluding hydrogens is 174 g/mol. The van der Waals surface area contributed by atoms with Crippen LogP contribution in [-0.2, 0) is 0 Å². The number of aryl methyl sites for hydroxylation is 2. The Kier molecular flexibility index (Phi) is 4.11. The van der Waals surface area contributed by atoms with Crippen molar-refractivity contribution in [3.63, 3.8) is 0 Å². The molecule has 0 spiro atoms. The molecule has 78 valence electrons. The Balaban J connectivity index is 2.73. The quantitative estimate of drug-likeness (QED) is 0.766. The summed E-state index contributed by atoms with van der Waals surface area (Å²) in [4.78, 5) is 0. The summed E-state index contributed by atoms with van der Waals surface area (Å²) in [5.74, 6) is 0. The van der Waals surface area contributed by atoms with Gasteiger partial charge in [-0.05, 0) is 26.3 Å². The highest BCUT2D eigenvalue weighted by molar-refractivity contribution is 5.30. The second kappa shape index (κ2) is 5.13. The highest BCUT2D eigenvalue weighted by Crippen LogP contribution is 2.16. The number of aliphatic hydroxyl groups is 1. The Morgan fingerprint density at radius 2 is 1.79 bits per heavy atom. The van der Waals surface area contributed by atoms with E-state index in [1.54, 1.807) is 0 Å². The van der Waals surface area contributed by atoms with Gasteiger partial charge in [-0.2, -0.15) is 0 Å². The Bertz CT molecular complexity index is 276. The van der Waals surface area contributed by atoms with Gasteiger partial charge in [-0.1, -0.05) is 29.3 Å². The van der Waals surface area contributed by atoms with Gasteiger partial charge in [0.25, 0.3) is 0 Å². The lowest BCUT2D eigenvalue weighted by atomic mass is 10.0. The molecule has 0 aliphatic heterocycles. The summed E-state index contributed by atoms with van der Waals surface area (Å²) in [5.41, 5.74) is 3.87. The van der Waals surface area contributed by atoms with Crippen molar-refractivity contribution in [3.05, 3.63) is 34.9 Å². The highest BCUT2D eigenvalue weighted by atomic mass is 16.3. The molecule has 1 aromatic rings. The predicted molar refractivity (Wildman–Crippen MR) is 59.4 cm³/mol. The maximum absolute atomic E-state index is 8.71. The third-order valence-electron chi connectivity index (χ3n) is 2.31. The van der Waals surface area contributed by atoms with E-state index in [4.69, 9.17) is 5.11 Å². The fourth-order valence-corrected chi connectivity index (χ4v) is 1.66. The number of nitrogens with one attached hydrogen (secondary N) is 1. The van der Waals surface area contributed by atoms with Crippen LogP contribution < -0.4 is 5.32 Å². The third kappa shape index (κ3) is 3.13. The van der Waals surface area contributed by atoms with Gasteiger partial charge < -0.3 is 10.4 Å². The third-order valence-corrected chi connectivity index (χ3v) is 2.31. The molecule has 0 aliphatic carbocycles. The van der Waals surface area contributed by atoms with Crippen molar-refractivity contribution < 1.29 is 5.11 Å². The molecule has 2 N–H and O–H groups in total. The van der Waals surface area contributed by atoms with Crippen LogP contribution in [0.2, 0.25) is 0 Å². The first-order valence-corrected chi connectivity index (χ1v) is 5.06. The summed E-state index contributed by atoms with van der Waals surface area (Å²) in [7, 11) is 0. The maximum Gasteiger partial charge on any atom is 0.0556 e. The van der Waals surface area contributed by atoms with E-state index in [1.807, 2.05) is 0 Å². The fraction of sp³-hybridized carbons (Fsp3) is 0.500. The lowest BCUT2D eigenvalue weighted by molar-refractivity contribution is 0.286. The van der Waals surface area contributed by atoms with E-state index in [9.17, 15) is 0 Å². The standard InChI is InChI=1S/C12H19NO/c1-9-6-10(2)8-12(7-9)11(3)13-4-5-14/h6-8,11,13-14H,4-5H2,1-3H3. The largest absolute Gasteiger partial charge is 0.395 e. The maximum atomic E-state index is 8.71. The van der Waals surface area contributed by atoms with Gasteiger partial charge >= 0.3 is 0 Å². The molecule has 14 heavy (non-hydrogen) atoms. The molecule has 0 saturated heterocycles. The van der Waals surface area contributed by atoms with Crippen molar-refractivity contribution in [1.82, 2.24) is 5.32 Å². The summed E-state index contributed by atoms with van der Waals surface area (Å²) in [5, 5.41) is 12.0. The molecule has 2 heteroatoms. The van der Waals surface area contributed by atoms with Crippen LogP contribution in [0.1, 0.15) is 29.7 Å². The van der Waals surface area contributed by atoms with Crippen LogP contribution in [0.5, 0.6) is 0 Å². The molecule has 1 aromatic carbocycles. The van der Waals surface area contributed by atoms with Gasteiger partial charge in [0.05, 0.1) is 6.61 Å². The lowest BCUT2D eigenvalue weighted by Crippen LogP contribution is -2.22. The summed E-state index contributed by atoms with van der Waals surface area (Å²) >= 11 is 0. The number of benzene rings is 1. The predicted octanol–water partition coefficient (Wildman–Crippen LogP) is 1.95. The molecule has 0 saturated carbocycles. The summed E-state index contributed by atoms with van der Waals surface area (Å²) < 4.78 is 0. The van der Waals surface area contributed by atoms with E-state index in [0.717, 1.165) is 0 Å². The zero-order valence-electron chi connectivity index (χ0n) is 9.17. The Morgan fingerprint density at radius 1 is 1.21 bits per heavy atom. The van der Waals surface area contributed by atoms with E-state index in [-0.39, 0.29) is 6.61 Å². The van der Waals surface area contributed by atoms with Crippen molar-refractivity contribution in [2.45, 2.75) is 26.8 Å². The van der Waals surface area contributed by atoms with Crippen molar-refractivity contribution in [1.29, 1.82) is 0 Å². The molecule has 1 rings (SSSR count). The smallest absolute Gasteiger partial charge is 0.0556 e. The number of hydrogen-bond acceptors (Lipinski definition) is 2.